The van der Waals surface area contributed by atoms with Crippen LogP contribution in [-0.2, 0) is 14.9 Å². The van der Waals surface area contributed by atoms with Crippen molar-refractivity contribution in [3.8, 4) is 0 Å². The molecule has 1 fully saturated rings. The molecule has 7 nitrogen and oxygen atoms in total. The van der Waals surface area contributed by atoms with E-state index in [1.807, 2.05) is 40.7 Å². The Bertz CT molecular complexity index is 728. The van der Waals surface area contributed by atoms with Crippen LogP contribution >= 0.6 is 0 Å². The van der Waals surface area contributed by atoms with E-state index in [4.69, 9.17) is 4.74 Å². The summed E-state index contributed by atoms with van der Waals surface area (Å²) in [6.45, 7) is 9.89. The van der Waals surface area contributed by atoms with E-state index >= 15 is 0 Å². The van der Waals surface area contributed by atoms with Gasteiger partial charge < -0.3 is 9.64 Å². The van der Waals surface area contributed by atoms with Crippen LogP contribution < -0.4 is 4.72 Å². The number of carbonyl (C=O) groups is 1. The van der Waals surface area contributed by atoms with Crippen LogP contribution in [0, 0.1) is 6.92 Å². The highest BCUT2D eigenvalue weighted by molar-refractivity contribution is 7.90. The minimum absolute atomic E-state index is 0.223. The highest BCUT2D eigenvalue weighted by Gasteiger charge is 2.35. The summed E-state index contributed by atoms with van der Waals surface area (Å²) in [4.78, 5) is 13.8. The average molecular weight is 369 g/mol. The van der Waals surface area contributed by atoms with Crippen LogP contribution in [0.15, 0.2) is 24.3 Å². The van der Waals surface area contributed by atoms with Crippen molar-refractivity contribution in [2.24, 2.45) is 0 Å². The zero-order chi connectivity index (χ0) is 18.8. The summed E-state index contributed by atoms with van der Waals surface area (Å²) in [7, 11) is -3.67. The van der Waals surface area contributed by atoms with Crippen LogP contribution in [0.25, 0.3) is 0 Å². The normalized spacial score (nSPS) is 19.6. The van der Waals surface area contributed by atoms with E-state index in [9.17, 15) is 13.2 Å². The summed E-state index contributed by atoms with van der Waals surface area (Å²) in [5, 5.41) is 0. The molecule has 8 heteroatoms. The lowest BCUT2D eigenvalue weighted by Crippen LogP contribution is -2.57. The minimum Gasteiger partial charge on any atom is -0.444 e. The fourth-order valence-electron chi connectivity index (χ4n) is 2.66. The van der Waals surface area contributed by atoms with Crippen molar-refractivity contribution < 1.29 is 17.9 Å². The Hall–Kier alpha value is -1.80. The Balaban J connectivity index is 2.03. The van der Waals surface area contributed by atoms with Crippen LogP contribution in [0.1, 0.15) is 33.3 Å². The quantitative estimate of drug-likeness (QED) is 0.888. The third-order valence-corrected chi connectivity index (χ3v) is 5.33. The van der Waals surface area contributed by atoms with E-state index in [-0.39, 0.29) is 19.1 Å². The topological polar surface area (TPSA) is 79.0 Å². The van der Waals surface area contributed by atoms with Crippen LogP contribution in [0.3, 0.4) is 0 Å². The number of nitrogens with zero attached hydrogens (tertiary/aromatic N) is 2. The van der Waals surface area contributed by atoms with E-state index in [0.717, 1.165) is 5.56 Å². The van der Waals surface area contributed by atoms with Gasteiger partial charge in [0.1, 0.15) is 5.60 Å². The highest BCUT2D eigenvalue weighted by atomic mass is 32.2. The number of nitrogens with one attached hydrogen (secondary N) is 1. The maximum Gasteiger partial charge on any atom is 0.410 e. The second-order valence-corrected chi connectivity index (χ2v) is 9.03. The zero-order valence-corrected chi connectivity index (χ0v) is 16.3. The van der Waals surface area contributed by atoms with Gasteiger partial charge in [0, 0.05) is 25.7 Å². The fourth-order valence-corrected chi connectivity index (χ4v) is 3.94. The molecule has 1 aliphatic rings. The van der Waals surface area contributed by atoms with E-state index in [1.165, 1.54) is 4.31 Å². The number of piperazine rings is 1. The minimum atomic E-state index is -3.67. The smallest absolute Gasteiger partial charge is 0.410 e. The molecule has 140 valence electrons. The van der Waals surface area contributed by atoms with Gasteiger partial charge in [0.25, 0.3) is 0 Å². The van der Waals surface area contributed by atoms with Gasteiger partial charge in [-0.25, -0.2) is 4.79 Å². The van der Waals surface area contributed by atoms with Crippen LogP contribution in [0.5, 0.6) is 0 Å². The fraction of sp³-hybridized carbons (Fsp3) is 0.588. The van der Waals surface area contributed by atoms with Gasteiger partial charge in [-0.15, -0.1) is 0 Å². The van der Waals surface area contributed by atoms with Crippen molar-refractivity contribution in [2.45, 2.75) is 46.3 Å². The van der Waals surface area contributed by atoms with Gasteiger partial charge in [0.05, 0.1) is 5.69 Å². The summed E-state index contributed by atoms with van der Waals surface area (Å²) in [5.74, 6) is 0. The summed E-state index contributed by atoms with van der Waals surface area (Å²) < 4.78 is 34.5. The van der Waals surface area contributed by atoms with Crippen molar-refractivity contribution >= 4 is 22.0 Å². The third kappa shape index (κ3) is 5.34. The highest BCUT2D eigenvalue weighted by Crippen LogP contribution is 2.19. The molecule has 0 spiro atoms. The van der Waals surface area contributed by atoms with Gasteiger partial charge in [0.2, 0.25) is 0 Å². The monoisotopic (exact) mass is 369 g/mol. The van der Waals surface area contributed by atoms with Gasteiger partial charge in [-0.2, -0.15) is 12.7 Å². The van der Waals surface area contributed by atoms with Crippen LogP contribution in [-0.4, -0.2) is 55.0 Å². The van der Waals surface area contributed by atoms with Crippen LogP contribution in [0.2, 0.25) is 0 Å². The molecule has 1 saturated heterocycles. The maximum absolute atomic E-state index is 12.6. The lowest BCUT2D eigenvalue weighted by molar-refractivity contribution is 0.00863. The van der Waals surface area contributed by atoms with Crippen molar-refractivity contribution in [1.29, 1.82) is 0 Å². The number of hydrogen-bond acceptors (Lipinski definition) is 4. The second kappa shape index (κ2) is 7.21. The number of ether oxygens (including phenoxy) is 1. The molecule has 25 heavy (non-hydrogen) atoms. The number of amides is 1. The Morgan fingerprint density at radius 3 is 2.52 bits per heavy atom. The molecule has 0 aromatic heterocycles. The lowest BCUT2D eigenvalue weighted by atomic mass is 10.2. The van der Waals surface area contributed by atoms with Crippen molar-refractivity contribution in [3.05, 3.63) is 29.8 Å². The molecule has 0 bridgehead atoms. The van der Waals surface area contributed by atoms with E-state index in [1.54, 1.807) is 23.1 Å². The van der Waals surface area contributed by atoms with Crippen molar-refractivity contribution in [3.63, 3.8) is 0 Å². The molecule has 1 amide bonds. The first-order valence-corrected chi connectivity index (χ1v) is 9.76. The molecule has 1 aromatic carbocycles. The first-order chi connectivity index (χ1) is 11.5. The second-order valence-electron chi connectivity index (χ2n) is 7.36. The number of hydrogen-bond donors (Lipinski definition) is 1. The first-order valence-electron chi connectivity index (χ1n) is 8.32. The molecule has 0 saturated carbocycles. The number of carbonyl (C=O) groups excluding carboxylic acids is 1. The maximum atomic E-state index is 12.6. The molecule has 1 heterocycles. The predicted molar refractivity (Wildman–Crippen MR) is 97.7 cm³/mol. The Morgan fingerprint density at radius 2 is 1.96 bits per heavy atom. The molecule has 0 unspecified atom stereocenters. The lowest BCUT2D eigenvalue weighted by Gasteiger charge is -2.39. The molecule has 2 rings (SSSR count). The molecule has 0 radical (unpaired) electrons. The predicted octanol–water partition coefficient (Wildman–Crippen LogP) is 2.59. The van der Waals surface area contributed by atoms with Gasteiger partial charge >= 0.3 is 16.3 Å². The molecule has 1 aromatic rings. The number of aryl methyl sites for hydroxylation is 1. The average Bonchev–Trinajstić information content (AvgIpc) is 2.44. The van der Waals surface area contributed by atoms with Gasteiger partial charge in [-0.3, -0.25) is 4.72 Å². The zero-order valence-electron chi connectivity index (χ0n) is 15.4. The third-order valence-electron chi connectivity index (χ3n) is 3.82. The summed E-state index contributed by atoms with van der Waals surface area (Å²) >= 11 is 0. The Kier molecular flexibility index (Phi) is 5.63. The summed E-state index contributed by atoms with van der Waals surface area (Å²) in [6.07, 6.45) is -0.413. The van der Waals surface area contributed by atoms with Gasteiger partial charge in [-0.1, -0.05) is 12.1 Å². The molecule has 1 N–H and O–H groups in total. The standard InChI is InChI=1S/C17H27N3O4S/c1-13-7-6-8-15(11-13)18-25(22,23)19-9-10-20(14(2)12-19)16(21)24-17(3,4)5/h6-8,11,14,18H,9-10,12H2,1-5H3/t14-/m1/s1. The molecule has 1 aliphatic heterocycles. The Labute approximate surface area is 150 Å². The molecular formula is C17H27N3O4S. The SMILES string of the molecule is Cc1cccc(NS(=O)(=O)N2CCN(C(=O)OC(C)(C)C)[C@H](C)C2)c1. The van der Waals surface area contributed by atoms with Crippen molar-refractivity contribution in [1.82, 2.24) is 9.21 Å². The van der Waals surface area contributed by atoms with Crippen molar-refractivity contribution in [2.75, 3.05) is 24.4 Å². The summed E-state index contributed by atoms with van der Waals surface area (Å²) in [5.41, 5.74) is 0.928. The first kappa shape index (κ1) is 19.5. The molecule has 1 atom stereocenters. The van der Waals surface area contributed by atoms with E-state index in [2.05, 4.69) is 4.72 Å². The summed E-state index contributed by atoms with van der Waals surface area (Å²) in [6, 6.07) is 6.93. The van der Waals surface area contributed by atoms with E-state index < -0.39 is 21.9 Å². The van der Waals surface area contributed by atoms with E-state index in [0.29, 0.717) is 12.2 Å². The molecular weight excluding hydrogens is 342 g/mol. The number of anilines is 1. The van der Waals surface area contributed by atoms with Gasteiger partial charge in [-0.05, 0) is 52.3 Å². The number of benzene rings is 1. The largest absolute Gasteiger partial charge is 0.444 e. The number of rotatable bonds is 3. The van der Waals surface area contributed by atoms with Gasteiger partial charge in [0.15, 0.2) is 0 Å². The van der Waals surface area contributed by atoms with Crippen LogP contribution in [0.4, 0.5) is 10.5 Å². The Morgan fingerprint density at radius 1 is 1.28 bits per heavy atom. The molecule has 0 aliphatic carbocycles.